The number of hydrogen-bond acceptors (Lipinski definition) is 4. The van der Waals surface area contributed by atoms with E-state index in [-0.39, 0.29) is 4.90 Å². The zero-order valence-electron chi connectivity index (χ0n) is 15.0. The first kappa shape index (κ1) is 17.5. The van der Waals surface area contributed by atoms with E-state index in [2.05, 4.69) is 0 Å². The van der Waals surface area contributed by atoms with Crippen molar-refractivity contribution in [1.82, 2.24) is 4.31 Å². The maximum Gasteiger partial charge on any atom is 0.331 e. The first-order valence-electron chi connectivity index (χ1n) is 8.61. The van der Waals surface area contributed by atoms with Crippen LogP contribution in [0.15, 0.2) is 71.8 Å². The Morgan fingerprint density at radius 3 is 2.41 bits per heavy atom. The largest absolute Gasteiger partial charge is 0.449 e. The molecule has 0 aliphatic carbocycles. The van der Waals surface area contributed by atoms with E-state index in [0.29, 0.717) is 0 Å². The second kappa shape index (κ2) is 6.09. The molecule has 138 valence electrons. The van der Waals surface area contributed by atoms with Gasteiger partial charge >= 0.3 is 5.97 Å². The fraction of sp³-hybridized carbons (Fsp3) is 0.190. The lowest BCUT2D eigenvalue weighted by Gasteiger charge is -2.41. The van der Waals surface area contributed by atoms with Crippen LogP contribution in [-0.2, 0) is 19.6 Å². The first-order chi connectivity index (χ1) is 12.8. The third kappa shape index (κ3) is 2.86. The third-order valence-corrected chi connectivity index (χ3v) is 6.71. The molecule has 0 radical (unpaired) electrons. The molecule has 0 spiro atoms. The smallest absolute Gasteiger partial charge is 0.331 e. The third-order valence-electron chi connectivity index (χ3n) is 4.96. The van der Waals surface area contributed by atoms with Crippen molar-refractivity contribution in [2.24, 2.45) is 0 Å². The normalized spacial score (nSPS) is 24.0. The summed E-state index contributed by atoms with van der Waals surface area (Å²) >= 11 is 0. The van der Waals surface area contributed by atoms with Crippen molar-refractivity contribution in [1.29, 1.82) is 0 Å². The van der Waals surface area contributed by atoms with Gasteiger partial charge in [-0.1, -0.05) is 42.0 Å². The molecule has 0 amide bonds. The molecule has 0 saturated heterocycles. The number of carbonyl (C=O) groups excluding carboxylic acids is 1. The minimum atomic E-state index is -3.84. The van der Waals surface area contributed by atoms with Crippen LogP contribution in [-0.4, -0.2) is 24.3 Å². The molecule has 0 bridgehead atoms. The SMILES string of the molecule is Cc1ccc(S(=O)(=O)N2C=Cc3ccccc3[C@@H]2[C@@]2(C)C=CC(=O)O2)cc1. The Kier molecular flexibility index (Phi) is 3.96. The number of cyclic esters (lactones) is 1. The summed E-state index contributed by atoms with van der Waals surface area (Å²) in [5, 5.41) is 0. The van der Waals surface area contributed by atoms with Crippen LogP contribution in [0.3, 0.4) is 0 Å². The van der Waals surface area contributed by atoms with E-state index in [0.717, 1.165) is 16.7 Å². The zero-order valence-corrected chi connectivity index (χ0v) is 15.8. The molecule has 5 nitrogen and oxygen atoms in total. The van der Waals surface area contributed by atoms with Crippen LogP contribution in [0.25, 0.3) is 6.08 Å². The minimum absolute atomic E-state index is 0.194. The Labute approximate surface area is 158 Å². The van der Waals surface area contributed by atoms with Crippen LogP contribution in [0.4, 0.5) is 0 Å². The van der Waals surface area contributed by atoms with Crippen LogP contribution in [0.5, 0.6) is 0 Å². The maximum absolute atomic E-state index is 13.4. The summed E-state index contributed by atoms with van der Waals surface area (Å²) in [7, 11) is -3.84. The van der Waals surface area contributed by atoms with Crippen LogP contribution in [0, 0.1) is 6.92 Å². The standard InChI is InChI=1S/C21H19NO4S/c1-15-7-9-17(10-8-15)27(24,25)22-14-12-16-5-3-4-6-18(16)20(22)21(2)13-11-19(23)26-21/h3-14,20H,1-2H3/t20-,21-/m1/s1. The lowest BCUT2D eigenvalue weighted by Crippen LogP contribution is -2.45. The van der Waals surface area contributed by atoms with Crippen LogP contribution in [0.1, 0.15) is 29.7 Å². The molecule has 2 aliphatic rings. The maximum atomic E-state index is 13.4. The highest BCUT2D eigenvalue weighted by Gasteiger charge is 2.48. The number of ether oxygens (including phenoxy) is 1. The van der Waals surface area contributed by atoms with E-state index >= 15 is 0 Å². The summed E-state index contributed by atoms with van der Waals surface area (Å²) in [4.78, 5) is 12.0. The topological polar surface area (TPSA) is 63.7 Å². The van der Waals surface area contributed by atoms with E-state index in [9.17, 15) is 13.2 Å². The Morgan fingerprint density at radius 2 is 1.74 bits per heavy atom. The molecule has 2 heterocycles. The Balaban J connectivity index is 1.88. The number of benzene rings is 2. The van der Waals surface area contributed by atoms with Crippen LogP contribution in [0.2, 0.25) is 0 Å². The first-order valence-corrected chi connectivity index (χ1v) is 10.0. The lowest BCUT2D eigenvalue weighted by molar-refractivity contribution is -0.147. The number of sulfonamides is 1. The monoisotopic (exact) mass is 381 g/mol. The summed E-state index contributed by atoms with van der Waals surface area (Å²) in [6.45, 7) is 3.63. The van der Waals surface area contributed by atoms with Gasteiger partial charge in [0.2, 0.25) is 0 Å². The lowest BCUT2D eigenvalue weighted by atomic mass is 9.86. The molecule has 0 saturated carbocycles. The molecule has 6 heteroatoms. The van der Waals surface area contributed by atoms with Gasteiger partial charge < -0.3 is 4.74 Å². The summed E-state index contributed by atoms with van der Waals surface area (Å²) in [5.41, 5.74) is 1.56. The van der Waals surface area contributed by atoms with Crippen molar-refractivity contribution in [3.8, 4) is 0 Å². The van der Waals surface area contributed by atoms with Gasteiger partial charge in [-0.15, -0.1) is 0 Å². The fourth-order valence-corrected chi connectivity index (χ4v) is 5.11. The van der Waals surface area contributed by atoms with Gasteiger partial charge in [-0.05, 0) is 49.3 Å². The van der Waals surface area contributed by atoms with Crippen LogP contribution < -0.4 is 0 Å². The van der Waals surface area contributed by atoms with Gasteiger partial charge in [-0.3, -0.25) is 4.31 Å². The molecule has 2 aromatic carbocycles. The summed E-state index contributed by atoms with van der Waals surface area (Å²) < 4.78 is 33.6. The van der Waals surface area contributed by atoms with Gasteiger partial charge in [0.1, 0.15) is 6.04 Å². The minimum Gasteiger partial charge on any atom is -0.449 e. The molecule has 4 rings (SSSR count). The Morgan fingerprint density at radius 1 is 1.04 bits per heavy atom. The van der Waals surface area contributed by atoms with Gasteiger partial charge in [0.25, 0.3) is 10.0 Å². The van der Waals surface area contributed by atoms with Crippen molar-refractivity contribution >= 4 is 22.1 Å². The molecule has 0 aromatic heterocycles. The van der Waals surface area contributed by atoms with Crippen molar-refractivity contribution in [3.05, 3.63) is 83.6 Å². The summed E-state index contributed by atoms with van der Waals surface area (Å²) in [6, 6.07) is 13.5. The van der Waals surface area contributed by atoms with Crippen molar-refractivity contribution in [2.45, 2.75) is 30.4 Å². The van der Waals surface area contributed by atoms with Gasteiger partial charge in [0.05, 0.1) is 4.90 Å². The zero-order chi connectivity index (χ0) is 19.2. The van der Waals surface area contributed by atoms with Gasteiger partial charge in [-0.2, -0.15) is 0 Å². The second-order valence-corrected chi connectivity index (χ2v) is 8.78. The molecule has 0 unspecified atom stereocenters. The quantitative estimate of drug-likeness (QED) is 0.763. The number of rotatable bonds is 3. The molecule has 0 fully saturated rings. The van der Waals surface area contributed by atoms with E-state index < -0.39 is 27.6 Å². The summed E-state index contributed by atoms with van der Waals surface area (Å²) in [5.74, 6) is -0.475. The van der Waals surface area contributed by atoms with E-state index in [1.165, 1.54) is 10.4 Å². The average molecular weight is 381 g/mol. The van der Waals surface area contributed by atoms with Gasteiger partial charge in [0, 0.05) is 12.3 Å². The Bertz CT molecular complexity index is 1070. The molecular weight excluding hydrogens is 362 g/mol. The van der Waals surface area contributed by atoms with Crippen molar-refractivity contribution < 1.29 is 17.9 Å². The van der Waals surface area contributed by atoms with E-state index in [1.807, 2.05) is 31.2 Å². The van der Waals surface area contributed by atoms with Crippen molar-refractivity contribution in [2.75, 3.05) is 0 Å². The predicted molar refractivity (Wildman–Crippen MR) is 102 cm³/mol. The molecule has 2 aromatic rings. The van der Waals surface area contributed by atoms with E-state index in [4.69, 9.17) is 4.74 Å². The van der Waals surface area contributed by atoms with Crippen molar-refractivity contribution in [3.63, 3.8) is 0 Å². The molecule has 2 atom stereocenters. The number of hydrogen-bond donors (Lipinski definition) is 0. The highest BCUT2D eigenvalue weighted by molar-refractivity contribution is 7.89. The average Bonchev–Trinajstić information content (AvgIpc) is 3.00. The number of esters is 1. The van der Waals surface area contributed by atoms with Crippen LogP contribution >= 0.6 is 0 Å². The predicted octanol–water partition coefficient (Wildman–Crippen LogP) is 3.58. The highest BCUT2D eigenvalue weighted by Crippen LogP contribution is 2.45. The molecular formula is C21H19NO4S. The van der Waals surface area contributed by atoms with Gasteiger partial charge in [-0.25, -0.2) is 13.2 Å². The molecule has 2 aliphatic heterocycles. The highest BCUT2D eigenvalue weighted by atomic mass is 32.2. The van der Waals surface area contributed by atoms with E-state index in [1.54, 1.807) is 49.5 Å². The number of fused-ring (bicyclic) bond motifs is 1. The number of nitrogens with zero attached hydrogens (tertiary/aromatic N) is 1. The number of aryl methyl sites for hydroxylation is 1. The number of carbonyl (C=O) groups is 1. The molecule has 27 heavy (non-hydrogen) atoms. The summed E-state index contributed by atoms with van der Waals surface area (Å²) in [6.07, 6.45) is 6.29. The Hall–Kier alpha value is -2.86. The second-order valence-electron chi connectivity index (χ2n) is 6.93. The van der Waals surface area contributed by atoms with Gasteiger partial charge in [0.15, 0.2) is 5.60 Å². The fourth-order valence-electron chi connectivity index (χ4n) is 3.57. The molecule has 0 N–H and O–H groups in total.